The van der Waals surface area contributed by atoms with E-state index in [4.69, 9.17) is 9.05 Å². The molecule has 4 nitrogen and oxygen atoms in total. The van der Waals surface area contributed by atoms with Crippen LogP contribution in [0.5, 0.6) is 0 Å². The lowest BCUT2D eigenvalue weighted by molar-refractivity contribution is 0.105. The molecule has 1 fully saturated rings. The first-order chi connectivity index (χ1) is 8.17. The maximum absolute atomic E-state index is 11.7. The van der Waals surface area contributed by atoms with Crippen molar-refractivity contribution in [3.05, 3.63) is 35.9 Å². The molecule has 2 atom stereocenters. The van der Waals surface area contributed by atoms with Gasteiger partial charge >= 0.3 is 7.82 Å². The maximum Gasteiger partial charge on any atom is 0.472 e. The summed E-state index contributed by atoms with van der Waals surface area (Å²) in [5.41, 5.74) is 0.923. The summed E-state index contributed by atoms with van der Waals surface area (Å²) in [6.07, 6.45) is 3.16. The maximum atomic E-state index is 11.7. The van der Waals surface area contributed by atoms with Crippen molar-refractivity contribution in [1.82, 2.24) is 0 Å². The molecular weight excluding hydrogens is 239 g/mol. The summed E-state index contributed by atoms with van der Waals surface area (Å²) in [6, 6.07) is 9.52. The van der Waals surface area contributed by atoms with Crippen LogP contribution < -0.4 is 0 Å². The van der Waals surface area contributed by atoms with E-state index in [1.165, 1.54) is 0 Å². The van der Waals surface area contributed by atoms with E-state index >= 15 is 0 Å². The van der Waals surface area contributed by atoms with E-state index < -0.39 is 7.82 Å². The highest BCUT2D eigenvalue weighted by atomic mass is 31.2. The van der Waals surface area contributed by atoms with Gasteiger partial charge < -0.3 is 4.89 Å². The van der Waals surface area contributed by atoms with Crippen LogP contribution >= 0.6 is 7.82 Å². The first-order valence-electron chi connectivity index (χ1n) is 5.88. The van der Waals surface area contributed by atoms with Crippen LogP contribution in [0.25, 0.3) is 0 Å². The molecular formula is C12H17O4P. The van der Waals surface area contributed by atoms with E-state index in [0.29, 0.717) is 0 Å². The Hall–Kier alpha value is -0.670. The van der Waals surface area contributed by atoms with Crippen molar-refractivity contribution in [3.63, 3.8) is 0 Å². The van der Waals surface area contributed by atoms with Crippen LogP contribution in [0, 0.1) is 0 Å². The molecule has 0 aromatic heterocycles. The summed E-state index contributed by atoms with van der Waals surface area (Å²) < 4.78 is 21.8. The molecule has 1 N–H and O–H groups in total. The largest absolute Gasteiger partial charge is 0.472 e. The molecule has 0 aliphatic carbocycles. The van der Waals surface area contributed by atoms with Gasteiger partial charge in [0.05, 0.1) is 12.7 Å². The third-order valence-corrected chi connectivity index (χ3v) is 3.83. The van der Waals surface area contributed by atoms with Gasteiger partial charge in [-0.25, -0.2) is 4.57 Å². The molecule has 1 aliphatic heterocycles. The molecule has 0 spiro atoms. The second-order valence-electron chi connectivity index (χ2n) is 4.16. The molecule has 1 saturated heterocycles. The lowest BCUT2D eigenvalue weighted by atomic mass is 10.0. The molecule has 0 bridgehead atoms. The summed E-state index contributed by atoms with van der Waals surface area (Å²) in [7, 11) is -3.91. The van der Waals surface area contributed by atoms with Crippen molar-refractivity contribution in [3.8, 4) is 0 Å². The van der Waals surface area contributed by atoms with Gasteiger partial charge in [0.2, 0.25) is 0 Å². The van der Waals surface area contributed by atoms with E-state index in [1.807, 2.05) is 30.3 Å². The lowest BCUT2D eigenvalue weighted by Gasteiger charge is -2.19. The topological polar surface area (TPSA) is 55.8 Å². The van der Waals surface area contributed by atoms with Crippen LogP contribution in [0.15, 0.2) is 30.3 Å². The highest BCUT2D eigenvalue weighted by Crippen LogP contribution is 2.49. The minimum atomic E-state index is -3.91. The third kappa shape index (κ3) is 3.93. The molecule has 0 amide bonds. The Morgan fingerprint density at radius 1 is 1.18 bits per heavy atom. The number of benzene rings is 1. The molecule has 0 radical (unpaired) electrons. The van der Waals surface area contributed by atoms with Crippen molar-refractivity contribution < 1.29 is 18.5 Å². The predicted octanol–water partition coefficient (Wildman–Crippen LogP) is 3.44. The van der Waals surface area contributed by atoms with Crippen molar-refractivity contribution in [2.45, 2.75) is 31.8 Å². The van der Waals surface area contributed by atoms with Gasteiger partial charge in [0, 0.05) is 0 Å². The lowest BCUT2D eigenvalue weighted by Crippen LogP contribution is -2.03. The minimum Gasteiger partial charge on any atom is -0.302 e. The van der Waals surface area contributed by atoms with Gasteiger partial charge in [0.1, 0.15) is 0 Å². The molecule has 5 heteroatoms. The SMILES string of the molecule is O=P1(O)OCCCCCC(c2ccccc2)O1. The van der Waals surface area contributed by atoms with Gasteiger partial charge in [0.15, 0.2) is 0 Å². The van der Waals surface area contributed by atoms with Crippen LogP contribution in [-0.2, 0) is 13.6 Å². The Bertz CT molecular complexity index is 393. The molecule has 0 saturated carbocycles. The van der Waals surface area contributed by atoms with Crippen LogP contribution in [0.4, 0.5) is 0 Å². The normalized spacial score (nSPS) is 31.2. The van der Waals surface area contributed by atoms with Crippen molar-refractivity contribution in [1.29, 1.82) is 0 Å². The van der Waals surface area contributed by atoms with Gasteiger partial charge in [-0.15, -0.1) is 0 Å². The summed E-state index contributed by atoms with van der Waals surface area (Å²) in [4.78, 5) is 9.55. The second kappa shape index (κ2) is 5.78. The Balaban J connectivity index is 2.15. The Morgan fingerprint density at radius 2 is 1.94 bits per heavy atom. The molecule has 2 rings (SSSR count). The van der Waals surface area contributed by atoms with Gasteiger partial charge in [-0.05, 0) is 18.4 Å². The molecule has 17 heavy (non-hydrogen) atoms. The average Bonchev–Trinajstić information content (AvgIpc) is 2.40. The summed E-state index contributed by atoms with van der Waals surface area (Å²) in [5.74, 6) is 0. The third-order valence-electron chi connectivity index (χ3n) is 2.80. The predicted molar refractivity (Wildman–Crippen MR) is 64.5 cm³/mol. The number of hydrogen-bond donors (Lipinski definition) is 1. The zero-order chi connectivity index (χ0) is 12.1. The quantitative estimate of drug-likeness (QED) is 0.782. The Labute approximate surface area is 101 Å². The monoisotopic (exact) mass is 256 g/mol. The van der Waals surface area contributed by atoms with E-state index in [0.717, 1.165) is 31.2 Å². The van der Waals surface area contributed by atoms with E-state index in [2.05, 4.69) is 0 Å². The zero-order valence-electron chi connectivity index (χ0n) is 9.62. The standard InChI is InChI=1S/C12H17O4P/c13-17(14)15-10-6-2-5-9-12(16-17)11-7-3-1-4-8-11/h1,3-4,7-8,12H,2,5-6,9-10H2,(H,13,14). The van der Waals surface area contributed by atoms with Crippen molar-refractivity contribution >= 4 is 7.82 Å². The first-order valence-corrected chi connectivity index (χ1v) is 7.38. The van der Waals surface area contributed by atoms with Crippen molar-refractivity contribution in [2.24, 2.45) is 0 Å². The first kappa shape index (κ1) is 12.8. The molecule has 94 valence electrons. The smallest absolute Gasteiger partial charge is 0.302 e. The number of phosphoric ester groups is 1. The van der Waals surface area contributed by atoms with E-state index in [9.17, 15) is 9.46 Å². The van der Waals surface area contributed by atoms with Gasteiger partial charge in [0.25, 0.3) is 0 Å². The van der Waals surface area contributed by atoms with Crippen LogP contribution in [0.3, 0.4) is 0 Å². The average molecular weight is 256 g/mol. The Morgan fingerprint density at radius 3 is 2.71 bits per heavy atom. The van der Waals surface area contributed by atoms with E-state index in [-0.39, 0.29) is 12.7 Å². The Kier molecular flexibility index (Phi) is 4.35. The van der Waals surface area contributed by atoms with Gasteiger partial charge in [-0.1, -0.05) is 43.2 Å². The van der Waals surface area contributed by atoms with Crippen LogP contribution in [0.1, 0.15) is 37.4 Å². The fourth-order valence-corrected chi connectivity index (χ4v) is 2.90. The highest BCUT2D eigenvalue weighted by Gasteiger charge is 2.28. The summed E-state index contributed by atoms with van der Waals surface area (Å²) in [5, 5.41) is 0. The molecule has 2 unspecified atom stereocenters. The highest BCUT2D eigenvalue weighted by molar-refractivity contribution is 7.47. The number of rotatable bonds is 1. The summed E-state index contributed by atoms with van der Waals surface area (Å²) >= 11 is 0. The molecule has 1 heterocycles. The molecule has 1 aromatic rings. The van der Waals surface area contributed by atoms with Gasteiger partial charge in [-0.3, -0.25) is 9.05 Å². The molecule has 1 aliphatic rings. The second-order valence-corrected chi connectivity index (χ2v) is 5.56. The molecule has 1 aromatic carbocycles. The van der Waals surface area contributed by atoms with Gasteiger partial charge in [-0.2, -0.15) is 0 Å². The van der Waals surface area contributed by atoms with Crippen LogP contribution in [0.2, 0.25) is 0 Å². The van der Waals surface area contributed by atoms with E-state index in [1.54, 1.807) is 0 Å². The van der Waals surface area contributed by atoms with Crippen molar-refractivity contribution in [2.75, 3.05) is 6.61 Å². The van der Waals surface area contributed by atoms with Crippen LogP contribution in [-0.4, -0.2) is 11.5 Å². The summed E-state index contributed by atoms with van der Waals surface area (Å²) in [6.45, 7) is 0.287. The number of phosphoric acid groups is 1. The fraction of sp³-hybridized carbons (Fsp3) is 0.500. The zero-order valence-corrected chi connectivity index (χ0v) is 10.5. The fourth-order valence-electron chi connectivity index (χ4n) is 1.93. The number of hydrogen-bond acceptors (Lipinski definition) is 3. The minimum absolute atomic E-state index is 0.287.